The van der Waals surface area contributed by atoms with Crippen molar-refractivity contribution < 1.29 is 9.59 Å². The summed E-state index contributed by atoms with van der Waals surface area (Å²) in [4.78, 5) is 32.1. The van der Waals surface area contributed by atoms with Crippen LogP contribution in [0.5, 0.6) is 0 Å². The number of nitrogens with zero attached hydrogens (tertiary/aromatic N) is 2. The van der Waals surface area contributed by atoms with Gasteiger partial charge in [0.05, 0.1) is 11.8 Å². The van der Waals surface area contributed by atoms with Crippen molar-refractivity contribution in [2.45, 2.75) is 11.8 Å². The number of carbonyl (C=O) groups is 2. The summed E-state index contributed by atoms with van der Waals surface area (Å²) in [6.45, 7) is 0. The van der Waals surface area contributed by atoms with Crippen LogP contribution in [-0.4, -0.2) is 25.9 Å². The van der Waals surface area contributed by atoms with Crippen LogP contribution in [-0.2, 0) is 9.59 Å². The molecule has 2 atom stereocenters. The molecule has 0 heterocycles. The van der Waals surface area contributed by atoms with Gasteiger partial charge in [0.1, 0.15) is 0 Å². The third kappa shape index (κ3) is 3.36. The zero-order valence-electron chi connectivity index (χ0n) is 20.4. The van der Waals surface area contributed by atoms with E-state index in [1.165, 1.54) is 0 Å². The molecule has 0 aromatic heterocycles. The van der Waals surface area contributed by atoms with Gasteiger partial charge in [0.25, 0.3) is 0 Å². The zero-order valence-corrected chi connectivity index (χ0v) is 20.4. The Morgan fingerprint density at radius 3 is 1.06 bits per heavy atom. The van der Waals surface area contributed by atoms with Gasteiger partial charge < -0.3 is 9.80 Å². The summed E-state index contributed by atoms with van der Waals surface area (Å²) >= 11 is 0. The van der Waals surface area contributed by atoms with Crippen LogP contribution in [0.4, 0.5) is 11.4 Å². The van der Waals surface area contributed by atoms with Gasteiger partial charge in [-0.1, -0.05) is 84.9 Å². The summed E-state index contributed by atoms with van der Waals surface area (Å²) in [5, 5.41) is 0. The number of benzene rings is 4. The van der Waals surface area contributed by atoms with E-state index in [-0.39, 0.29) is 23.7 Å². The Morgan fingerprint density at radius 1 is 0.472 bits per heavy atom. The molecule has 3 aliphatic carbocycles. The van der Waals surface area contributed by atoms with Crippen molar-refractivity contribution in [1.29, 1.82) is 0 Å². The van der Waals surface area contributed by atoms with E-state index in [9.17, 15) is 9.59 Å². The third-order valence-electron chi connectivity index (χ3n) is 7.96. The molecule has 4 aromatic carbocycles. The van der Waals surface area contributed by atoms with Crippen LogP contribution in [0.2, 0.25) is 0 Å². The largest absolute Gasteiger partial charge is 0.315 e. The molecule has 0 spiro atoms. The average Bonchev–Trinajstić information content (AvgIpc) is 2.96. The van der Waals surface area contributed by atoms with Crippen LogP contribution in [0.3, 0.4) is 0 Å². The maximum Gasteiger partial charge on any atom is 0.231 e. The first-order chi connectivity index (χ1) is 17.6. The molecule has 4 heteroatoms. The van der Waals surface area contributed by atoms with Gasteiger partial charge in [-0.15, -0.1) is 0 Å². The standard InChI is InChI=1S/C32H28N2O2/c1-33(21-13-5-3-6-14-21)31(35)29-27-23-17-9-11-19-25(23)28(26-20-12-10-18-24(26)27)30(29)32(36)34(2)22-15-7-4-8-16-22/h3-20,27-30H,1-2H3/t27?,28?,29-,30-/m0/s1. The second-order valence-corrected chi connectivity index (χ2v) is 9.73. The van der Waals surface area contributed by atoms with Crippen LogP contribution in [0.1, 0.15) is 34.1 Å². The van der Waals surface area contributed by atoms with Gasteiger partial charge in [-0.2, -0.15) is 0 Å². The van der Waals surface area contributed by atoms with Crippen molar-refractivity contribution in [1.82, 2.24) is 0 Å². The van der Waals surface area contributed by atoms with Crippen LogP contribution in [0.15, 0.2) is 109 Å². The molecule has 178 valence electrons. The number of hydrogen-bond donors (Lipinski definition) is 0. The molecule has 0 saturated heterocycles. The average molecular weight is 473 g/mol. The summed E-state index contributed by atoms with van der Waals surface area (Å²) < 4.78 is 0. The second kappa shape index (κ2) is 8.80. The Kier molecular flexibility index (Phi) is 5.45. The highest BCUT2D eigenvalue weighted by molar-refractivity contribution is 6.04. The Hall–Kier alpha value is -4.18. The number of hydrogen-bond acceptors (Lipinski definition) is 2. The van der Waals surface area contributed by atoms with Crippen LogP contribution >= 0.6 is 0 Å². The van der Waals surface area contributed by atoms with Gasteiger partial charge in [0.2, 0.25) is 11.8 Å². The van der Waals surface area contributed by atoms with Crippen molar-refractivity contribution in [3.8, 4) is 0 Å². The molecule has 7 rings (SSSR count). The van der Waals surface area contributed by atoms with Crippen LogP contribution in [0, 0.1) is 11.8 Å². The maximum absolute atomic E-state index is 14.3. The highest BCUT2D eigenvalue weighted by atomic mass is 16.2. The number of amides is 2. The molecule has 4 nitrogen and oxygen atoms in total. The minimum Gasteiger partial charge on any atom is -0.315 e. The van der Waals surface area contributed by atoms with E-state index < -0.39 is 11.8 Å². The van der Waals surface area contributed by atoms with Gasteiger partial charge in [0, 0.05) is 37.3 Å². The monoisotopic (exact) mass is 472 g/mol. The van der Waals surface area contributed by atoms with Gasteiger partial charge in [-0.3, -0.25) is 9.59 Å². The summed E-state index contributed by atoms with van der Waals surface area (Å²) in [6, 6.07) is 36.1. The molecule has 36 heavy (non-hydrogen) atoms. The minimum absolute atomic E-state index is 0.0278. The Balaban J connectivity index is 1.53. The maximum atomic E-state index is 14.3. The first kappa shape index (κ1) is 22.3. The normalized spacial score (nSPS) is 21.3. The molecule has 0 unspecified atom stereocenters. The molecule has 3 aliphatic rings. The van der Waals surface area contributed by atoms with Gasteiger partial charge in [-0.05, 0) is 46.5 Å². The molecule has 4 aromatic rings. The molecular formula is C32H28N2O2. The number of anilines is 2. The third-order valence-corrected chi connectivity index (χ3v) is 7.96. The SMILES string of the molecule is CN(C(=O)[C@H]1C2c3ccccc3C(c3ccccc32)[C@@H]1C(=O)N(C)c1ccccc1)c1ccccc1. The lowest BCUT2D eigenvalue weighted by molar-refractivity contribution is -0.133. The molecule has 0 saturated carbocycles. The summed E-state index contributed by atoms with van der Waals surface area (Å²) in [6.07, 6.45) is 0. The molecule has 0 N–H and O–H groups in total. The van der Waals surface area contributed by atoms with Crippen LogP contribution in [0.25, 0.3) is 0 Å². The predicted molar refractivity (Wildman–Crippen MR) is 143 cm³/mol. The van der Waals surface area contributed by atoms with Crippen LogP contribution < -0.4 is 9.80 Å². The van der Waals surface area contributed by atoms with Gasteiger partial charge >= 0.3 is 0 Å². The van der Waals surface area contributed by atoms with E-state index in [1.807, 2.05) is 99.0 Å². The first-order valence-corrected chi connectivity index (χ1v) is 12.4. The molecule has 2 bridgehead atoms. The van der Waals surface area contributed by atoms with Crippen molar-refractivity contribution in [2.75, 3.05) is 23.9 Å². The van der Waals surface area contributed by atoms with E-state index in [0.717, 1.165) is 33.6 Å². The second-order valence-electron chi connectivity index (χ2n) is 9.73. The Morgan fingerprint density at radius 2 is 0.750 bits per heavy atom. The lowest BCUT2D eigenvalue weighted by Gasteiger charge is -2.50. The number of carbonyl (C=O) groups excluding carboxylic acids is 2. The van der Waals surface area contributed by atoms with Gasteiger partial charge in [-0.25, -0.2) is 0 Å². The number of rotatable bonds is 4. The van der Waals surface area contributed by atoms with Crippen molar-refractivity contribution in [3.05, 3.63) is 131 Å². The lowest BCUT2D eigenvalue weighted by atomic mass is 9.53. The molecule has 0 aliphatic heterocycles. The number of fused-ring (bicyclic) bond motifs is 1. The quantitative estimate of drug-likeness (QED) is 0.375. The lowest BCUT2D eigenvalue weighted by Crippen LogP contribution is -2.53. The highest BCUT2D eigenvalue weighted by Crippen LogP contribution is 2.59. The molecule has 0 radical (unpaired) electrons. The molecule has 0 fully saturated rings. The molecule has 2 amide bonds. The first-order valence-electron chi connectivity index (χ1n) is 12.4. The zero-order chi connectivity index (χ0) is 24.8. The van der Waals surface area contributed by atoms with E-state index in [4.69, 9.17) is 0 Å². The van der Waals surface area contributed by atoms with Crippen molar-refractivity contribution >= 4 is 23.2 Å². The Labute approximate surface area is 211 Å². The predicted octanol–water partition coefficient (Wildman–Crippen LogP) is 5.84. The summed E-state index contributed by atoms with van der Waals surface area (Å²) in [7, 11) is 3.64. The fourth-order valence-electron chi connectivity index (χ4n) is 6.28. The summed E-state index contributed by atoms with van der Waals surface area (Å²) in [5.74, 6) is -1.44. The topological polar surface area (TPSA) is 40.6 Å². The fourth-order valence-corrected chi connectivity index (χ4v) is 6.28. The van der Waals surface area contributed by atoms with E-state index in [0.29, 0.717) is 0 Å². The van der Waals surface area contributed by atoms with E-state index >= 15 is 0 Å². The van der Waals surface area contributed by atoms with E-state index in [1.54, 1.807) is 9.80 Å². The minimum atomic E-state index is -0.510. The van der Waals surface area contributed by atoms with E-state index in [2.05, 4.69) is 24.3 Å². The number of para-hydroxylation sites is 2. The fraction of sp³-hybridized carbons (Fsp3) is 0.188. The summed E-state index contributed by atoms with van der Waals surface area (Å²) in [5.41, 5.74) is 6.29. The van der Waals surface area contributed by atoms with Crippen molar-refractivity contribution in [2.24, 2.45) is 11.8 Å². The van der Waals surface area contributed by atoms with Crippen molar-refractivity contribution in [3.63, 3.8) is 0 Å². The Bertz CT molecular complexity index is 1280. The molecular weight excluding hydrogens is 444 g/mol. The smallest absolute Gasteiger partial charge is 0.231 e. The highest BCUT2D eigenvalue weighted by Gasteiger charge is 2.56. The van der Waals surface area contributed by atoms with Gasteiger partial charge in [0.15, 0.2) is 0 Å².